The van der Waals surface area contributed by atoms with Crippen LogP contribution in [0.2, 0.25) is 0 Å². The summed E-state index contributed by atoms with van der Waals surface area (Å²) in [6.07, 6.45) is 4.50. The molecule has 2 N–H and O–H groups in total. The van der Waals surface area contributed by atoms with Crippen LogP contribution in [0.25, 0.3) is 10.7 Å². The minimum atomic E-state index is -0.0836. The molecular weight excluding hydrogens is 350 g/mol. The average molecular weight is 365 g/mol. The summed E-state index contributed by atoms with van der Waals surface area (Å²) in [6, 6.07) is 2.00. The molecule has 0 aliphatic heterocycles. The Morgan fingerprint density at radius 1 is 1.42 bits per heavy atom. The molecule has 2 heterocycles. The van der Waals surface area contributed by atoms with Crippen LogP contribution >= 0.6 is 39.7 Å². The van der Waals surface area contributed by atoms with Crippen LogP contribution < -0.4 is 5.73 Å². The number of halogens is 2. The highest BCUT2D eigenvalue weighted by atomic mass is 79.9. The molecule has 2 aromatic rings. The van der Waals surface area contributed by atoms with E-state index in [2.05, 4.69) is 26.1 Å². The van der Waals surface area contributed by atoms with Crippen molar-refractivity contribution in [1.82, 2.24) is 10.1 Å². The van der Waals surface area contributed by atoms with Gasteiger partial charge in [-0.05, 0) is 34.8 Å². The van der Waals surface area contributed by atoms with Crippen molar-refractivity contribution < 1.29 is 4.52 Å². The largest absolute Gasteiger partial charge is 0.338 e. The second-order valence-corrected chi connectivity index (χ2v) is 6.57. The molecule has 3 rings (SSSR count). The predicted molar refractivity (Wildman–Crippen MR) is 81.8 cm³/mol. The third kappa shape index (κ3) is 2.72. The molecule has 0 saturated heterocycles. The molecular formula is C12H15BrClN3OS. The third-order valence-electron chi connectivity index (χ3n) is 3.62. The Labute approximate surface area is 130 Å². The van der Waals surface area contributed by atoms with Crippen LogP contribution in [0.3, 0.4) is 0 Å². The molecule has 1 aliphatic rings. The fourth-order valence-electron chi connectivity index (χ4n) is 2.53. The lowest BCUT2D eigenvalue weighted by molar-refractivity contribution is 0.284. The Bertz CT molecular complexity index is 551. The van der Waals surface area contributed by atoms with Crippen molar-refractivity contribution in [3.05, 3.63) is 21.8 Å². The van der Waals surface area contributed by atoms with Gasteiger partial charge >= 0.3 is 0 Å². The first-order valence-corrected chi connectivity index (χ1v) is 7.69. The number of aromatic nitrogens is 2. The molecule has 0 atom stereocenters. The van der Waals surface area contributed by atoms with E-state index < -0.39 is 0 Å². The summed E-state index contributed by atoms with van der Waals surface area (Å²) in [5.41, 5.74) is 5.84. The summed E-state index contributed by atoms with van der Waals surface area (Å²) in [7, 11) is 0. The van der Waals surface area contributed by atoms with E-state index in [0.717, 1.165) is 22.2 Å². The number of rotatable bonds is 3. The summed E-state index contributed by atoms with van der Waals surface area (Å²) < 4.78 is 6.50. The van der Waals surface area contributed by atoms with E-state index in [0.29, 0.717) is 18.3 Å². The van der Waals surface area contributed by atoms with Gasteiger partial charge in [-0.15, -0.1) is 23.7 Å². The first kappa shape index (κ1) is 15.0. The molecule has 7 heteroatoms. The lowest BCUT2D eigenvalue weighted by Crippen LogP contribution is -2.32. The molecule has 4 nitrogen and oxygen atoms in total. The highest BCUT2D eigenvalue weighted by Gasteiger charge is 2.39. The van der Waals surface area contributed by atoms with Crippen LogP contribution in [0.1, 0.15) is 31.6 Å². The van der Waals surface area contributed by atoms with E-state index in [4.69, 9.17) is 10.3 Å². The fourth-order valence-corrected chi connectivity index (χ4v) is 3.88. The fraction of sp³-hybridized carbons (Fsp3) is 0.500. The van der Waals surface area contributed by atoms with E-state index in [9.17, 15) is 0 Å². The van der Waals surface area contributed by atoms with Crippen molar-refractivity contribution in [3.63, 3.8) is 0 Å². The Hall–Kier alpha value is -0.430. The Morgan fingerprint density at radius 3 is 2.74 bits per heavy atom. The molecule has 0 spiro atoms. The Morgan fingerprint density at radius 2 is 2.16 bits per heavy atom. The number of hydrogen-bond acceptors (Lipinski definition) is 5. The highest BCUT2D eigenvalue weighted by Crippen LogP contribution is 2.40. The quantitative estimate of drug-likeness (QED) is 0.900. The van der Waals surface area contributed by atoms with Gasteiger partial charge in [0, 0.05) is 16.4 Å². The van der Waals surface area contributed by atoms with Gasteiger partial charge in [-0.2, -0.15) is 4.98 Å². The van der Waals surface area contributed by atoms with Gasteiger partial charge < -0.3 is 10.3 Å². The Balaban J connectivity index is 0.00000133. The molecule has 0 bridgehead atoms. The van der Waals surface area contributed by atoms with Gasteiger partial charge in [0.15, 0.2) is 0 Å². The number of thiophene rings is 1. The first-order chi connectivity index (χ1) is 8.73. The van der Waals surface area contributed by atoms with Gasteiger partial charge in [-0.3, -0.25) is 0 Å². The van der Waals surface area contributed by atoms with Crippen molar-refractivity contribution in [2.45, 2.75) is 31.1 Å². The van der Waals surface area contributed by atoms with E-state index in [1.165, 1.54) is 12.8 Å². The maximum atomic E-state index is 5.92. The van der Waals surface area contributed by atoms with Gasteiger partial charge in [0.25, 0.3) is 0 Å². The topological polar surface area (TPSA) is 64.9 Å². The Kier molecular flexibility index (Phi) is 4.66. The zero-order chi connectivity index (χ0) is 12.6. The molecule has 1 aliphatic carbocycles. The number of hydrogen-bond donors (Lipinski definition) is 1. The van der Waals surface area contributed by atoms with Crippen molar-refractivity contribution in [3.8, 4) is 10.7 Å². The number of nitrogens with two attached hydrogens (primary N) is 1. The number of nitrogens with zero attached hydrogens (tertiary/aromatic N) is 2. The average Bonchev–Trinajstić information content (AvgIpc) is 3.08. The normalized spacial score (nSPS) is 17.4. The molecule has 0 radical (unpaired) electrons. The van der Waals surface area contributed by atoms with E-state index >= 15 is 0 Å². The zero-order valence-corrected chi connectivity index (χ0v) is 13.5. The summed E-state index contributed by atoms with van der Waals surface area (Å²) >= 11 is 5.03. The molecule has 19 heavy (non-hydrogen) atoms. The zero-order valence-electron chi connectivity index (χ0n) is 10.3. The summed E-state index contributed by atoms with van der Waals surface area (Å²) in [4.78, 5) is 5.57. The van der Waals surface area contributed by atoms with Crippen LogP contribution in [0.15, 0.2) is 20.4 Å². The van der Waals surface area contributed by atoms with Gasteiger partial charge in [-0.25, -0.2) is 0 Å². The molecule has 2 aromatic heterocycles. The van der Waals surface area contributed by atoms with Crippen molar-refractivity contribution in [1.29, 1.82) is 0 Å². The summed E-state index contributed by atoms with van der Waals surface area (Å²) in [5, 5.41) is 6.10. The van der Waals surface area contributed by atoms with Crippen LogP contribution in [-0.4, -0.2) is 16.7 Å². The molecule has 1 fully saturated rings. The van der Waals surface area contributed by atoms with Crippen LogP contribution in [0.5, 0.6) is 0 Å². The van der Waals surface area contributed by atoms with E-state index in [-0.39, 0.29) is 17.8 Å². The summed E-state index contributed by atoms with van der Waals surface area (Å²) in [6.45, 7) is 0.586. The predicted octanol–water partition coefficient (Wildman–Crippen LogP) is 3.75. The maximum Gasteiger partial charge on any atom is 0.234 e. The molecule has 0 unspecified atom stereocenters. The van der Waals surface area contributed by atoms with E-state index in [1.54, 1.807) is 11.3 Å². The van der Waals surface area contributed by atoms with Gasteiger partial charge in [0.2, 0.25) is 11.7 Å². The third-order valence-corrected chi connectivity index (χ3v) is 5.31. The van der Waals surface area contributed by atoms with Gasteiger partial charge in [-0.1, -0.05) is 18.0 Å². The second-order valence-electron chi connectivity index (χ2n) is 4.74. The van der Waals surface area contributed by atoms with Crippen LogP contribution in [-0.2, 0) is 5.41 Å². The monoisotopic (exact) mass is 363 g/mol. The molecule has 1 saturated carbocycles. The minimum Gasteiger partial charge on any atom is -0.338 e. The van der Waals surface area contributed by atoms with Gasteiger partial charge in [0.05, 0.1) is 10.3 Å². The van der Waals surface area contributed by atoms with Crippen LogP contribution in [0, 0.1) is 0 Å². The van der Waals surface area contributed by atoms with E-state index in [1.807, 2.05) is 11.4 Å². The summed E-state index contributed by atoms with van der Waals surface area (Å²) in [5.74, 6) is 1.38. The van der Waals surface area contributed by atoms with Crippen molar-refractivity contribution >= 4 is 39.7 Å². The van der Waals surface area contributed by atoms with Crippen LogP contribution in [0.4, 0.5) is 0 Å². The maximum absolute atomic E-state index is 5.92. The molecule has 0 amide bonds. The molecule has 0 aromatic carbocycles. The second kappa shape index (κ2) is 5.91. The minimum absolute atomic E-state index is 0. The first-order valence-electron chi connectivity index (χ1n) is 6.02. The highest BCUT2D eigenvalue weighted by molar-refractivity contribution is 9.10. The van der Waals surface area contributed by atoms with Crippen molar-refractivity contribution in [2.75, 3.05) is 6.54 Å². The standard InChI is InChI=1S/C12H14BrN3OS.ClH/c13-8-5-9(18-6-8)10-15-11(17-16-10)12(7-14)3-1-2-4-12;/h5-6H,1-4,7,14H2;1H. The van der Waals surface area contributed by atoms with Crippen molar-refractivity contribution in [2.24, 2.45) is 5.73 Å². The lowest BCUT2D eigenvalue weighted by Gasteiger charge is -2.21. The lowest BCUT2D eigenvalue weighted by atomic mass is 9.86. The molecule has 104 valence electrons. The smallest absolute Gasteiger partial charge is 0.234 e. The SMILES string of the molecule is Cl.NCC1(c2nc(-c3cc(Br)cs3)no2)CCCC1. The van der Waals surface area contributed by atoms with Gasteiger partial charge in [0.1, 0.15) is 0 Å².